The van der Waals surface area contributed by atoms with Crippen molar-refractivity contribution in [2.45, 2.75) is 80.8 Å². The number of rotatable bonds is 9. The van der Waals surface area contributed by atoms with Gasteiger partial charge in [-0.15, -0.1) is 18.3 Å². The predicted molar refractivity (Wildman–Crippen MR) is 138 cm³/mol. The van der Waals surface area contributed by atoms with Crippen molar-refractivity contribution in [1.82, 2.24) is 9.80 Å². The molecule has 0 aliphatic carbocycles. The van der Waals surface area contributed by atoms with Gasteiger partial charge in [0.15, 0.2) is 0 Å². The zero-order chi connectivity index (χ0) is 25.6. The molecule has 0 radical (unpaired) electrons. The Morgan fingerprint density at radius 2 is 2.00 bits per heavy atom. The average molecular weight is 560 g/mol. The minimum Gasteiger partial charge on any atom is -0.466 e. The Balaban J connectivity index is 2.08. The molecule has 1 spiro atoms. The number of alkyl halides is 1. The number of esters is 1. The van der Waals surface area contributed by atoms with Crippen LogP contribution >= 0.6 is 27.7 Å². The number of aliphatic hydroxyl groups is 1. The summed E-state index contributed by atoms with van der Waals surface area (Å²) in [4.78, 5) is 44.5. The fourth-order valence-electron chi connectivity index (χ4n) is 6.57. The second kappa shape index (κ2) is 9.77. The summed E-state index contributed by atoms with van der Waals surface area (Å²) >= 11 is 5.32. The summed E-state index contributed by atoms with van der Waals surface area (Å²) in [5.41, 5.74) is -0.501. The molecule has 3 saturated heterocycles. The molecule has 3 heterocycles. The average Bonchev–Trinajstić information content (AvgIpc) is 3.28. The van der Waals surface area contributed by atoms with Gasteiger partial charge in [0.2, 0.25) is 11.8 Å². The maximum absolute atomic E-state index is 14.4. The zero-order valence-electron chi connectivity index (χ0n) is 21.2. The molecule has 192 valence electrons. The van der Waals surface area contributed by atoms with Crippen LogP contribution < -0.4 is 0 Å². The van der Waals surface area contributed by atoms with Crippen molar-refractivity contribution >= 4 is 45.5 Å². The molecule has 1 N–H and O–H groups in total. The Bertz CT molecular complexity index is 844. The predicted octanol–water partition coefficient (Wildman–Crippen LogP) is 3.24. The summed E-state index contributed by atoms with van der Waals surface area (Å²) in [5.74, 6) is -1.99. The van der Waals surface area contributed by atoms with Gasteiger partial charge in [-0.05, 0) is 39.0 Å². The molecule has 3 fully saturated rings. The first kappa shape index (κ1) is 27.5. The van der Waals surface area contributed by atoms with Gasteiger partial charge in [-0.25, -0.2) is 0 Å². The molecule has 0 aromatic rings. The van der Waals surface area contributed by atoms with Crippen LogP contribution in [0.5, 0.6) is 0 Å². The van der Waals surface area contributed by atoms with Crippen LogP contribution in [-0.2, 0) is 19.1 Å². The lowest BCUT2D eigenvalue weighted by Crippen LogP contribution is -2.60. The SMILES string of the molecule is C=CCN(C(=O)C1N(CCO)C(=O)[C@@H]2[C@@H](C(=O)OCC)[C@@H]3SC12CC3Br)C(C)(C)CC(C)(C)C. The van der Waals surface area contributed by atoms with E-state index in [1.54, 1.807) is 24.8 Å². The number of amides is 2. The van der Waals surface area contributed by atoms with Gasteiger partial charge < -0.3 is 19.6 Å². The number of nitrogens with zero attached hydrogens (tertiary/aromatic N) is 2. The number of carbonyl (C=O) groups excluding carboxylic acids is 3. The number of aliphatic hydroxyl groups excluding tert-OH is 1. The largest absolute Gasteiger partial charge is 0.466 e. The molecule has 7 nitrogen and oxygen atoms in total. The lowest BCUT2D eigenvalue weighted by molar-refractivity contribution is -0.153. The van der Waals surface area contributed by atoms with Crippen LogP contribution in [0, 0.1) is 17.3 Å². The Morgan fingerprint density at radius 3 is 2.53 bits per heavy atom. The fraction of sp³-hybridized carbons (Fsp3) is 0.800. The third-order valence-corrected chi connectivity index (χ3v) is 10.4. The summed E-state index contributed by atoms with van der Waals surface area (Å²) < 4.78 is 4.62. The lowest BCUT2D eigenvalue weighted by Gasteiger charge is -2.46. The number of carbonyl (C=O) groups is 3. The van der Waals surface area contributed by atoms with Gasteiger partial charge in [0, 0.05) is 28.7 Å². The molecular weight excluding hydrogens is 520 g/mol. The van der Waals surface area contributed by atoms with Crippen molar-refractivity contribution in [3.8, 4) is 0 Å². The molecule has 2 amide bonds. The number of fused-ring (bicyclic) bond motifs is 1. The highest BCUT2D eigenvalue weighted by Gasteiger charge is 2.76. The van der Waals surface area contributed by atoms with E-state index in [-0.39, 0.29) is 53.0 Å². The maximum atomic E-state index is 14.4. The second-order valence-corrected chi connectivity index (χ2v) is 14.2. The lowest BCUT2D eigenvalue weighted by atomic mass is 9.70. The van der Waals surface area contributed by atoms with Gasteiger partial charge in [-0.1, -0.05) is 42.8 Å². The normalized spacial score (nSPS) is 32.6. The molecule has 0 aromatic carbocycles. The molecule has 2 bridgehead atoms. The van der Waals surface area contributed by atoms with E-state index < -0.39 is 28.2 Å². The van der Waals surface area contributed by atoms with Crippen molar-refractivity contribution in [3.63, 3.8) is 0 Å². The molecule has 3 aliphatic heterocycles. The van der Waals surface area contributed by atoms with Crippen LogP contribution in [0.15, 0.2) is 12.7 Å². The number of ether oxygens (including phenoxy) is 1. The van der Waals surface area contributed by atoms with Crippen LogP contribution in [0.25, 0.3) is 0 Å². The first-order chi connectivity index (χ1) is 15.8. The van der Waals surface area contributed by atoms with E-state index in [4.69, 9.17) is 4.74 Å². The summed E-state index contributed by atoms with van der Waals surface area (Å²) in [7, 11) is 0. The van der Waals surface area contributed by atoms with E-state index in [9.17, 15) is 19.5 Å². The van der Waals surface area contributed by atoms with Gasteiger partial charge in [-0.2, -0.15) is 0 Å². The van der Waals surface area contributed by atoms with E-state index >= 15 is 0 Å². The molecular formula is C25H39BrN2O5S. The maximum Gasteiger partial charge on any atom is 0.310 e. The quantitative estimate of drug-likeness (QED) is 0.265. The van der Waals surface area contributed by atoms with E-state index in [1.165, 1.54) is 4.90 Å². The highest BCUT2D eigenvalue weighted by atomic mass is 79.9. The Hall–Kier alpha value is -1.06. The molecule has 0 saturated carbocycles. The molecule has 3 rings (SSSR count). The van der Waals surface area contributed by atoms with Crippen LogP contribution in [0.3, 0.4) is 0 Å². The van der Waals surface area contributed by atoms with Gasteiger partial charge in [-0.3, -0.25) is 14.4 Å². The van der Waals surface area contributed by atoms with E-state index in [0.29, 0.717) is 13.0 Å². The topological polar surface area (TPSA) is 87.2 Å². The zero-order valence-corrected chi connectivity index (χ0v) is 23.6. The van der Waals surface area contributed by atoms with E-state index in [1.807, 2.05) is 4.90 Å². The van der Waals surface area contributed by atoms with Gasteiger partial charge in [0.05, 0.1) is 29.8 Å². The summed E-state index contributed by atoms with van der Waals surface area (Å²) in [5, 5.41) is 9.67. The molecule has 3 unspecified atom stereocenters. The first-order valence-electron chi connectivity index (χ1n) is 12.1. The minimum atomic E-state index is -0.759. The molecule has 34 heavy (non-hydrogen) atoms. The molecule has 0 aromatic heterocycles. The summed E-state index contributed by atoms with van der Waals surface area (Å²) in [6.45, 7) is 16.6. The van der Waals surface area contributed by atoms with Crippen molar-refractivity contribution in [2.24, 2.45) is 17.3 Å². The molecule has 9 heteroatoms. The summed E-state index contributed by atoms with van der Waals surface area (Å²) in [6.07, 6.45) is 3.09. The number of likely N-dealkylation sites (tertiary alicyclic amines) is 1. The molecule has 6 atom stereocenters. The van der Waals surface area contributed by atoms with Crippen LogP contribution in [0.1, 0.15) is 54.4 Å². The summed E-state index contributed by atoms with van der Waals surface area (Å²) in [6, 6.07) is -0.759. The number of halogens is 1. The third-order valence-electron chi connectivity index (χ3n) is 7.19. The van der Waals surface area contributed by atoms with Crippen molar-refractivity contribution in [3.05, 3.63) is 12.7 Å². The van der Waals surface area contributed by atoms with Crippen LogP contribution in [0.4, 0.5) is 0 Å². The van der Waals surface area contributed by atoms with E-state index in [2.05, 4.69) is 57.1 Å². The Kier molecular flexibility index (Phi) is 7.91. The van der Waals surface area contributed by atoms with Gasteiger partial charge >= 0.3 is 5.97 Å². The van der Waals surface area contributed by atoms with Crippen molar-refractivity contribution in [1.29, 1.82) is 0 Å². The first-order valence-corrected chi connectivity index (χ1v) is 13.9. The standard InChI is InChI=1S/C25H39BrN2O5S/c1-8-10-28(24(6,7)14-23(3,4)5)21(31)19-25-13-15(26)18(34-25)16(22(32)33-9-2)17(25)20(30)27(19)11-12-29/h8,15-19,29H,1,9-14H2,2-7H3/t15?,16-,17+,18-,19?,25?/m1/s1. The smallest absolute Gasteiger partial charge is 0.310 e. The number of hydrogen-bond donors (Lipinski definition) is 1. The number of hydrogen-bond acceptors (Lipinski definition) is 6. The monoisotopic (exact) mass is 558 g/mol. The van der Waals surface area contributed by atoms with Crippen LogP contribution in [-0.4, -0.2) is 85.4 Å². The number of thioether (sulfide) groups is 1. The highest BCUT2D eigenvalue weighted by Crippen LogP contribution is 2.68. The fourth-order valence-corrected chi connectivity index (χ4v) is 10.2. The van der Waals surface area contributed by atoms with Gasteiger partial charge in [0.25, 0.3) is 0 Å². The van der Waals surface area contributed by atoms with Crippen molar-refractivity contribution < 1.29 is 24.2 Å². The Labute approximate surface area is 216 Å². The number of β-amino-alcohol motifs (C(OH)–C–C–N with tert-alkyl or cyclic N) is 1. The van der Waals surface area contributed by atoms with Crippen molar-refractivity contribution in [2.75, 3.05) is 26.3 Å². The van der Waals surface area contributed by atoms with Crippen LogP contribution in [0.2, 0.25) is 0 Å². The minimum absolute atomic E-state index is 0.00391. The van der Waals surface area contributed by atoms with Gasteiger partial charge in [0.1, 0.15) is 6.04 Å². The highest BCUT2D eigenvalue weighted by molar-refractivity contribution is 9.09. The molecule has 3 aliphatic rings. The second-order valence-electron chi connectivity index (χ2n) is 11.5. The third kappa shape index (κ3) is 4.57. The Morgan fingerprint density at radius 1 is 1.35 bits per heavy atom. The van der Waals surface area contributed by atoms with E-state index in [0.717, 1.165) is 6.42 Å².